The highest BCUT2D eigenvalue weighted by atomic mass is 16.4. The van der Waals surface area contributed by atoms with E-state index in [9.17, 15) is 4.79 Å². The molecule has 2 aromatic heterocycles. The predicted molar refractivity (Wildman–Crippen MR) is 54.8 cm³/mol. The summed E-state index contributed by atoms with van der Waals surface area (Å²) < 4.78 is 1.79. The standard InChI is InChI=1S/C10H11N3O2/c1-6(11)9-12-5-8-4-7(10(14)15)2-3-13(8)9/h2-6H,11H2,1H3,(H,14,15). The minimum absolute atomic E-state index is 0.178. The molecule has 0 saturated carbocycles. The lowest BCUT2D eigenvalue weighted by atomic mass is 10.2. The molecule has 5 nitrogen and oxygen atoms in total. The van der Waals surface area contributed by atoms with Crippen molar-refractivity contribution >= 4 is 11.5 Å². The Hall–Kier alpha value is -1.88. The highest BCUT2D eigenvalue weighted by Crippen LogP contribution is 2.13. The Morgan fingerprint density at radius 3 is 3.00 bits per heavy atom. The van der Waals surface area contributed by atoms with Gasteiger partial charge in [-0.2, -0.15) is 0 Å². The van der Waals surface area contributed by atoms with Gasteiger partial charge in [0.25, 0.3) is 0 Å². The molecule has 1 unspecified atom stereocenters. The number of hydrogen-bond donors (Lipinski definition) is 2. The molecule has 0 aliphatic heterocycles. The SMILES string of the molecule is CC(N)c1ncc2cc(C(=O)O)ccn12. The number of fused-ring (bicyclic) bond motifs is 1. The fraction of sp³-hybridized carbons (Fsp3) is 0.200. The number of aromatic carboxylic acids is 1. The Morgan fingerprint density at radius 2 is 2.40 bits per heavy atom. The third-order valence-corrected chi connectivity index (χ3v) is 2.21. The Labute approximate surface area is 86.2 Å². The van der Waals surface area contributed by atoms with Crippen molar-refractivity contribution in [3.05, 3.63) is 35.9 Å². The summed E-state index contributed by atoms with van der Waals surface area (Å²) in [6, 6.07) is 2.92. The molecule has 0 spiro atoms. The van der Waals surface area contributed by atoms with E-state index in [1.165, 1.54) is 6.07 Å². The van der Waals surface area contributed by atoms with Crippen LogP contribution in [0.4, 0.5) is 0 Å². The number of aromatic nitrogens is 2. The number of rotatable bonds is 2. The first-order valence-electron chi connectivity index (χ1n) is 4.55. The zero-order valence-corrected chi connectivity index (χ0v) is 8.21. The average molecular weight is 205 g/mol. The molecule has 0 amide bonds. The molecule has 0 saturated heterocycles. The summed E-state index contributed by atoms with van der Waals surface area (Å²) in [5.74, 6) is -0.219. The van der Waals surface area contributed by atoms with E-state index < -0.39 is 5.97 Å². The van der Waals surface area contributed by atoms with Crippen LogP contribution in [0.2, 0.25) is 0 Å². The Morgan fingerprint density at radius 1 is 1.67 bits per heavy atom. The first kappa shape index (κ1) is 9.67. The lowest BCUT2D eigenvalue weighted by Gasteiger charge is -2.04. The molecule has 2 heterocycles. The number of imidazole rings is 1. The fourth-order valence-corrected chi connectivity index (χ4v) is 1.49. The van der Waals surface area contributed by atoms with Crippen molar-refractivity contribution in [3.63, 3.8) is 0 Å². The summed E-state index contributed by atoms with van der Waals surface area (Å²) in [7, 11) is 0. The number of carboxylic acids is 1. The zero-order valence-electron chi connectivity index (χ0n) is 8.21. The Balaban J connectivity index is 2.61. The van der Waals surface area contributed by atoms with Gasteiger partial charge in [-0.1, -0.05) is 0 Å². The third kappa shape index (κ3) is 1.57. The molecule has 0 fully saturated rings. The summed E-state index contributed by atoms with van der Waals surface area (Å²) in [5, 5.41) is 8.81. The summed E-state index contributed by atoms with van der Waals surface area (Å²) >= 11 is 0. The molecular weight excluding hydrogens is 194 g/mol. The molecule has 1 atom stereocenters. The van der Waals surface area contributed by atoms with E-state index in [0.29, 0.717) is 0 Å². The van der Waals surface area contributed by atoms with E-state index in [2.05, 4.69) is 4.98 Å². The molecule has 2 aromatic rings. The fourth-order valence-electron chi connectivity index (χ4n) is 1.49. The zero-order chi connectivity index (χ0) is 11.0. The van der Waals surface area contributed by atoms with E-state index in [1.807, 2.05) is 6.92 Å². The normalized spacial score (nSPS) is 12.9. The van der Waals surface area contributed by atoms with Crippen molar-refractivity contribution in [2.24, 2.45) is 5.73 Å². The number of nitrogens with two attached hydrogens (primary N) is 1. The largest absolute Gasteiger partial charge is 0.478 e. The van der Waals surface area contributed by atoms with E-state index >= 15 is 0 Å². The van der Waals surface area contributed by atoms with Crippen molar-refractivity contribution in [3.8, 4) is 0 Å². The molecule has 0 aliphatic rings. The van der Waals surface area contributed by atoms with Gasteiger partial charge in [-0.25, -0.2) is 9.78 Å². The van der Waals surface area contributed by atoms with Gasteiger partial charge < -0.3 is 15.2 Å². The maximum atomic E-state index is 10.7. The lowest BCUT2D eigenvalue weighted by Crippen LogP contribution is -2.09. The summed E-state index contributed by atoms with van der Waals surface area (Å²) in [6.07, 6.45) is 3.29. The summed E-state index contributed by atoms with van der Waals surface area (Å²) in [5.41, 5.74) is 6.71. The highest BCUT2D eigenvalue weighted by Gasteiger charge is 2.09. The number of hydrogen-bond acceptors (Lipinski definition) is 3. The van der Waals surface area contributed by atoms with Gasteiger partial charge in [0.15, 0.2) is 0 Å². The second-order valence-electron chi connectivity index (χ2n) is 3.42. The maximum Gasteiger partial charge on any atom is 0.335 e. The number of nitrogens with zero attached hydrogens (tertiary/aromatic N) is 2. The van der Waals surface area contributed by atoms with Crippen molar-refractivity contribution in [2.75, 3.05) is 0 Å². The Kier molecular flexibility index (Phi) is 2.17. The second kappa shape index (κ2) is 3.36. The topological polar surface area (TPSA) is 80.6 Å². The van der Waals surface area contributed by atoms with Crippen LogP contribution in [0.5, 0.6) is 0 Å². The van der Waals surface area contributed by atoms with Crippen molar-refractivity contribution in [2.45, 2.75) is 13.0 Å². The maximum absolute atomic E-state index is 10.7. The van der Waals surface area contributed by atoms with Gasteiger partial charge in [0.1, 0.15) is 5.82 Å². The monoisotopic (exact) mass is 205 g/mol. The highest BCUT2D eigenvalue weighted by molar-refractivity contribution is 5.88. The molecular formula is C10H11N3O2. The lowest BCUT2D eigenvalue weighted by molar-refractivity contribution is 0.0697. The molecule has 0 radical (unpaired) electrons. The van der Waals surface area contributed by atoms with Crippen LogP contribution in [0.3, 0.4) is 0 Å². The third-order valence-electron chi connectivity index (χ3n) is 2.21. The van der Waals surface area contributed by atoms with Gasteiger partial charge in [0.2, 0.25) is 0 Å². The first-order valence-corrected chi connectivity index (χ1v) is 4.55. The Bertz CT molecular complexity index is 516. The van der Waals surface area contributed by atoms with Crippen LogP contribution in [-0.2, 0) is 0 Å². The second-order valence-corrected chi connectivity index (χ2v) is 3.42. The van der Waals surface area contributed by atoms with Gasteiger partial charge in [0.05, 0.1) is 23.3 Å². The molecule has 0 bridgehead atoms. The van der Waals surface area contributed by atoms with Crippen molar-refractivity contribution in [1.29, 1.82) is 0 Å². The first-order chi connectivity index (χ1) is 7.09. The molecule has 78 valence electrons. The summed E-state index contributed by atoms with van der Waals surface area (Å²) in [4.78, 5) is 14.9. The van der Waals surface area contributed by atoms with Crippen molar-refractivity contribution in [1.82, 2.24) is 9.38 Å². The molecule has 3 N–H and O–H groups in total. The van der Waals surface area contributed by atoms with Crippen LogP contribution < -0.4 is 5.73 Å². The number of carboxylic acid groups (broad SMARTS) is 1. The smallest absolute Gasteiger partial charge is 0.335 e. The molecule has 0 aliphatic carbocycles. The van der Waals surface area contributed by atoms with Gasteiger partial charge in [-0.15, -0.1) is 0 Å². The van der Waals surface area contributed by atoms with E-state index in [1.54, 1.807) is 22.9 Å². The minimum Gasteiger partial charge on any atom is -0.478 e. The molecule has 0 aromatic carbocycles. The van der Waals surface area contributed by atoms with Crippen LogP contribution in [-0.4, -0.2) is 20.5 Å². The van der Waals surface area contributed by atoms with E-state index in [0.717, 1.165) is 11.3 Å². The van der Waals surface area contributed by atoms with Crippen LogP contribution in [0, 0.1) is 0 Å². The van der Waals surface area contributed by atoms with Crippen LogP contribution in [0.25, 0.3) is 5.52 Å². The minimum atomic E-state index is -0.943. The molecule has 15 heavy (non-hydrogen) atoms. The number of pyridine rings is 1. The van der Waals surface area contributed by atoms with Crippen LogP contribution in [0.15, 0.2) is 24.5 Å². The van der Waals surface area contributed by atoms with Crippen molar-refractivity contribution < 1.29 is 9.90 Å². The molecule has 2 rings (SSSR count). The van der Waals surface area contributed by atoms with Gasteiger partial charge in [0, 0.05) is 6.20 Å². The molecule has 5 heteroatoms. The van der Waals surface area contributed by atoms with E-state index in [4.69, 9.17) is 10.8 Å². The van der Waals surface area contributed by atoms with Crippen LogP contribution in [0.1, 0.15) is 29.1 Å². The van der Waals surface area contributed by atoms with Gasteiger partial charge >= 0.3 is 5.97 Å². The van der Waals surface area contributed by atoms with Gasteiger partial charge in [-0.05, 0) is 19.1 Å². The van der Waals surface area contributed by atoms with Gasteiger partial charge in [-0.3, -0.25) is 0 Å². The predicted octanol–water partition coefficient (Wildman–Crippen LogP) is 1.05. The summed E-state index contributed by atoms with van der Waals surface area (Å²) in [6.45, 7) is 1.83. The number of carbonyl (C=O) groups is 1. The van der Waals surface area contributed by atoms with Crippen LogP contribution >= 0.6 is 0 Å². The van der Waals surface area contributed by atoms with E-state index in [-0.39, 0.29) is 11.6 Å². The quantitative estimate of drug-likeness (QED) is 0.767. The average Bonchev–Trinajstić information content (AvgIpc) is 2.59.